The van der Waals surface area contributed by atoms with Gasteiger partial charge in [-0.3, -0.25) is 0 Å². The summed E-state index contributed by atoms with van der Waals surface area (Å²) in [6, 6.07) is 0. The molecule has 0 aliphatic carbocycles. The average Bonchev–Trinajstić information content (AvgIpc) is 2.13. The van der Waals surface area contributed by atoms with Gasteiger partial charge in [0.25, 0.3) is 0 Å². The highest BCUT2D eigenvalue weighted by Gasteiger charge is 2.42. The Kier molecular flexibility index (Phi) is 3.98. The summed E-state index contributed by atoms with van der Waals surface area (Å²) in [7, 11) is 0. The Balaban J connectivity index is 1.80. The number of alkyl halides is 3. The predicted octanol–water partition coefficient (Wildman–Crippen LogP) is 2.12. The van der Waals surface area contributed by atoms with Crippen molar-refractivity contribution in [3.63, 3.8) is 0 Å². The molecule has 2 heterocycles. The molecule has 0 radical (unpaired) electrons. The van der Waals surface area contributed by atoms with Crippen LogP contribution in [0.5, 0.6) is 0 Å². The van der Waals surface area contributed by atoms with E-state index in [-0.39, 0.29) is 6.54 Å². The van der Waals surface area contributed by atoms with E-state index >= 15 is 0 Å². The van der Waals surface area contributed by atoms with Gasteiger partial charge in [-0.25, -0.2) is 0 Å². The van der Waals surface area contributed by atoms with Crippen LogP contribution in [0.1, 0.15) is 19.8 Å². The summed E-state index contributed by atoms with van der Waals surface area (Å²) in [6.45, 7) is 6.06. The van der Waals surface area contributed by atoms with Crippen LogP contribution in [0.2, 0.25) is 0 Å². The summed E-state index contributed by atoms with van der Waals surface area (Å²) in [6.07, 6.45) is -3.03. The van der Waals surface area contributed by atoms with Crippen LogP contribution in [0.15, 0.2) is 0 Å². The molecule has 2 saturated heterocycles. The highest BCUT2D eigenvalue weighted by atomic mass is 19.4. The maximum absolute atomic E-state index is 12.7. The second-order valence-electron chi connectivity index (χ2n) is 5.54. The van der Waals surface area contributed by atoms with Gasteiger partial charge in [-0.05, 0) is 44.3 Å². The molecule has 2 unspecified atom stereocenters. The van der Waals surface area contributed by atoms with Crippen molar-refractivity contribution < 1.29 is 13.2 Å². The first-order chi connectivity index (χ1) is 7.97. The summed E-state index contributed by atoms with van der Waals surface area (Å²) in [5.74, 6) is 0.0486. The lowest BCUT2D eigenvalue weighted by atomic mass is 9.87. The van der Waals surface area contributed by atoms with E-state index in [0.29, 0.717) is 24.7 Å². The van der Waals surface area contributed by atoms with Crippen molar-refractivity contribution in [3.8, 4) is 0 Å². The van der Waals surface area contributed by atoms with E-state index in [1.54, 1.807) is 0 Å². The van der Waals surface area contributed by atoms with Gasteiger partial charge in [0.05, 0.1) is 5.92 Å². The van der Waals surface area contributed by atoms with Crippen LogP contribution in [0.4, 0.5) is 13.2 Å². The fourth-order valence-electron chi connectivity index (χ4n) is 2.76. The lowest BCUT2D eigenvalue weighted by molar-refractivity contribution is -0.187. The first kappa shape index (κ1) is 13.1. The van der Waals surface area contributed by atoms with Gasteiger partial charge >= 0.3 is 6.18 Å². The monoisotopic (exact) mass is 250 g/mol. The normalized spacial score (nSPS) is 30.0. The second-order valence-corrected chi connectivity index (χ2v) is 5.54. The van der Waals surface area contributed by atoms with E-state index in [1.165, 1.54) is 0 Å². The minimum absolute atomic E-state index is 0.202. The van der Waals surface area contributed by atoms with Gasteiger partial charge in [0, 0.05) is 13.1 Å². The van der Waals surface area contributed by atoms with Gasteiger partial charge in [0.15, 0.2) is 0 Å². The number of hydrogen-bond donors (Lipinski definition) is 1. The molecule has 17 heavy (non-hydrogen) atoms. The van der Waals surface area contributed by atoms with Crippen LogP contribution >= 0.6 is 0 Å². The van der Waals surface area contributed by atoms with Crippen LogP contribution in [-0.2, 0) is 0 Å². The molecule has 2 atom stereocenters. The molecule has 0 aromatic rings. The number of nitrogens with zero attached hydrogens (tertiary/aromatic N) is 1. The standard InChI is InChI=1S/C12H21F3N2/c1-9(10-5-16-6-10)7-17-4-2-3-11(8-17)12(13,14)15/h9-11,16H,2-8H2,1H3. The van der Waals surface area contributed by atoms with Crippen molar-refractivity contribution in [1.82, 2.24) is 10.2 Å². The van der Waals surface area contributed by atoms with Crippen molar-refractivity contribution in [1.29, 1.82) is 0 Å². The van der Waals surface area contributed by atoms with E-state index in [4.69, 9.17) is 0 Å². The third-order valence-electron chi connectivity index (χ3n) is 4.13. The SMILES string of the molecule is CC(CN1CCCC(C(F)(F)F)C1)C1CNC1. The average molecular weight is 250 g/mol. The van der Waals surface area contributed by atoms with Crippen molar-refractivity contribution in [3.05, 3.63) is 0 Å². The van der Waals surface area contributed by atoms with E-state index in [2.05, 4.69) is 12.2 Å². The minimum atomic E-state index is -4.01. The summed E-state index contributed by atoms with van der Waals surface area (Å²) >= 11 is 0. The second kappa shape index (κ2) is 5.14. The van der Waals surface area contributed by atoms with Gasteiger partial charge in [0.2, 0.25) is 0 Å². The van der Waals surface area contributed by atoms with Crippen LogP contribution in [-0.4, -0.2) is 43.8 Å². The van der Waals surface area contributed by atoms with Gasteiger partial charge in [0.1, 0.15) is 0 Å². The van der Waals surface area contributed by atoms with E-state index in [1.807, 2.05) is 4.90 Å². The fourth-order valence-corrected chi connectivity index (χ4v) is 2.76. The highest BCUT2D eigenvalue weighted by Crippen LogP contribution is 2.33. The van der Waals surface area contributed by atoms with Crippen molar-refractivity contribution in [2.24, 2.45) is 17.8 Å². The Bertz CT molecular complexity index is 251. The van der Waals surface area contributed by atoms with E-state index < -0.39 is 12.1 Å². The largest absolute Gasteiger partial charge is 0.393 e. The number of likely N-dealkylation sites (tertiary alicyclic amines) is 1. The number of nitrogens with one attached hydrogen (secondary N) is 1. The quantitative estimate of drug-likeness (QED) is 0.825. The van der Waals surface area contributed by atoms with Crippen molar-refractivity contribution in [2.45, 2.75) is 25.9 Å². The molecule has 1 N–H and O–H groups in total. The molecule has 0 aromatic heterocycles. The molecule has 2 aliphatic rings. The van der Waals surface area contributed by atoms with Crippen molar-refractivity contribution in [2.75, 3.05) is 32.7 Å². The molecule has 0 bridgehead atoms. The summed E-state index contributed by atoms with van der Waals surface area (Å²) in [5.41, 5.74) is 0. The molecule has 5 heteroatoms. The highest BCUT2D eigenvalue weighted by molar-refractivity contribution is 4.84. The Hall–Kier alpha value is -0.290. The van der Waals surface area contributed by atoms with Gasteiger partial charge < -0.3 is 10.2 Å². The zero-order chi connectivity index (χ0) is 12.5. The van der Waals surface area contributed by atoms with E-state index in [0.717, 1.165) is 26.2 Å². The first-order valence-electron chi connectivity index (χ1n) is 6.46. The fraction of sp³-hybridized carbons (Fsp3) is 1.00. The minimum Gasteiger partial charge on any atom is -0.316 e. The molecular weight excluding hydrogens is 229 g/mol. The molecule has 2 aliphatic heterocycles. The summed E-state index contributed by atoms with van der Waals surface area (Å²) in [5, 5.41) is 3.21. The molecule has 2 rings (SSSR count). The number of halogens is 3. The Labute approximate surface area is 101 Å². The van der Waals surface area contributed by atoms with Gasteiger partial charge in [-0.15, -0.1) is 0 Å². The Morgan fingerprint density at radius 1 is 1.35 bits per heavy atom. The molecule has 0 aromatic carbocycles. The van der Waals surface area contributed by atoms with Crippen LogP contribution in [0.25, 0.3) is 0 Å². The number of rotatable bonds is 3. The molecule has 0 saturated carbocycles. The Morgan fingerprint density at radius 3 is 2.59 bits per heavy atom. The van der Waals surface area contributed by atoms with Crippen LogP contribution in [0, 0.1) is 17.8 Å². The third-order valence-corrected chi connectivity index (χ3v) is 4.13. The van der Waals surface area contributed by atoms with E-state index in [9.17, 15) is 13.2 Å². The first-order valence-corrected chi connectivity index (χ1v) is 6.46. The maximum atomic E-state index is 12.7. The number of hydrogen-bond acceptors (Lipinski definition) is 2. The predicted molar refractivity (Wildman–Crippen MR) is 60.7 cm³/mol. The number of piperidine rings is 1. The molecule has 0 amide bonds. The van der Waals surface area contributed by atoms with Crippen LogP contribution < -0.4 is 5.32 Å². The molecule has 100 valence electrons. The molecule has 2 fully saturated rings. The Morgan fingerprint density at radius 2 is 2.06 bits per heavy atom. The zero-order valence-corrected chi connectivity index (χ0v) is 10.3. The summed E-state index contributed by atoms with van der Waals surface area (Å²) < 4.78 is 38.0. The van der Waals surface area contributed by atoms with Gasteiger partial charge in [-0.2, -0.15) is 13.2 Å². The topological polar surface area (TPSA) is 15.3 Å². The molecule has 0 spiro atoms. The van der Waals surface area contributed by atoms with Crippen molar-refractivity contribution >= 4 is 0 Å². The van der Waals surface area contributed by atoms with Crippen LogP contribution in [0.3, 0.4) is 0 Å². The third kappa shape index (κ3) is 3.35. The molecular formula is C12H21F3N2. The maximum Gasteiger partial charge on any atom is 0.393 e. The molecule has 2 nitrogen and oxygen atoms in total. The summed E-state index contributed by atoms with van der Waals surface area (Å²) in [4.78, 5) is 2.00. The smallest absolute Gasteiger partial charge is 0.316 e. The zero-order valence-electron chi connectivity index (χ0n) is 10.3. The lowest BCUT2D eigenvalue weighted by Crippen LogP contribution is -2.50. The van der Waals surface area contributed by atoms with Gasteiger partial charge in [-0.1, -0.05) is 6.92 Å². The lowest BCUT2D eigenvalue weighted by Gasteiger charge is -2.39.